The minimum absolute atomic E-state index is 0.0137. The van der Waals surface area contributed by atoms with Gasteiger partial charge in [-0.3, -0.25) is 9.59 Å². The number of carbonyl (C=O) groups is 1. The van der Waals surface area contributed by atoms with Crippen LogP contribution in [0.4, 0.5) is 13.2 Å². The normalized spacial score (nSPS) is 11.5. The van der Waals surface area contributed by atoms with Crippen molar-refractivity contribution in [2.45, 2.75) is 39.8 Å². The van der Waals surface area contributed by atoms with E-state index in [-0.39, 0.29) is 28.9 Å². The van der Waals surface area contributed by atoms with Gasteiger partial charge in [-0.25, -0.2) is 0 Å². The molecule has 3 aromatic rings. The van der Waals surface area contributed by atoms with Crippen molar-refractivity contribution in [2.24, 2.45) is 0 Å². The van der Waals surface area contributed by atoms with Crippen molar-refractivity contribution in [2.75, 3.05) is 0 Å². The lowest BCUT2D eigenvalue weighted by atomic mass is 10.1. The van der Waals surface area contributed by atoms with Crippen LogP contribution in [-0.2, 0) is 11.0 Å². The van der Waals surface area contributed by atoms with E-state index in [0.29, 0.717) is 6.42 Å². The number of esters is 1. The van der Waals surface area contributed by atoms with Gasteiger partial charge in [-0.1, -0.05) is 13.0 Å². The van der Waals surface area contributed by atoms with Crippen molar-refractivity contribution in [1.82, 2.24) is 0 Å². The molecule has 0 aliphatic rings. The Bertz CT molecular complexity index is 1140. The Morgan fingerprint density at radius 3 is 2.30 bits per heavy atom. The molecule has 0 N–H and O–H groups in total. The minimum Gasteiger partial charge on any atom is -0.449 e. The van der Waals surface area contributed by atoms with Crippen LogP contribution in [0.1, 0.15) is 36.7 Å². The predicted octanol–water partition coefficient (Wildman–Crippen LogP) is 5.93. The van der Waals surface area contributed by atoms with E-state index in [1.165, 1.54) is 24.3 Å². The molecule has 30 heavy (non-hydrogen) atoms. The van der Waals surface area contributed by atoms with Gasteiger partial charge in [0.1, 0.15) is 17.1 Å². The van der Waals surface area contributed by atoms with Gasteiger partial charge in [-0.15, -0.1) is 0 Å². The largest absolute Gasteiger partial charge is 0.453 e. The number of rotatable bonds is 5. The van der Waals surface area contributed by atoms with Crippen molar-refractivity contribution >= 4 is 16.9 Å². The van der Waals surface area contributed by atoms with Gasteiger partial charge in [0.05, 0.1) is 5.39 Å². The molecule has 3 rings (SSSR count). The van der Waals surface area contributed by atoms with Gasteiger partial charge in [0.25, 0.3) is 5.76 Å². The molecule has 0 unspecified atom stereocenters. The zero-order valence-electron chi connectivity index (χ0n) is 16.6. The molecular weight excluding hydrogens is 401 g/mol. The molecule has 1 heterocycles. The zero-order chi connectivity index (χ0) is 22.1. The zero-order valence-corrected chi connectivity index (χ0v) is 16.6. The first-order valence-corrected chi connectivity index (χ1v) is 9.23. The SMILES string of the molecule is CCCC(=O)Oc1ccc2c(=O)c(Oc3cc(C)cc(C)c3)c(C(F)(F)F)oc2c1. The fourth-order valence-electron chi connectivity index (χ4n) is 3.00. The fourth-order valence-corrected chi connectivity index (χ4v) is 3.00. The summed E-state index contributed by atoms with van der Waals surface area (Å²) in [5.74, 6) is -2.97. The van der Waals surface area contributed by atoms with Gasteiger partial charge in [-0.05, 0) is 55.7 Å². The van der Waals surface area contributed by atoms with Crippen LogP contribution < -0.4 is 14.9 Å². The maximum absolute atomic E-state index is 13.6. The summed E-state index contributed by atoms with van der Waals surface area (Å²) < 4.78 is 56.3. The van der Waals surface area contributed by atoms with Gasteiger partial charge >= 0.3 is 12.1 Å². The third-order valence-electron chi connectivity index (χ3n) is 4.18. The number of fused-ring (bicyclic) bond motifs is 1. The van der Waals surface area contributed by atoms with Crippen LogP contribution >= 0.6 is 0 Å². The topological polar surface area (TPSA) is 65.7 Å². The molecule has 8 heteroatoms. The fraction of sp³-hybridized carbons (Fsp3) is 0.273. The maximum atomic E-state index is 13.6. The number of alkyl halides is 3. The molecule has 0 amide bonds. The Kier molecular flexibility index (Phi) is 5.87. The highest BCUT2D eigenvalue weighted by Crippen LogP contribution is 2.39. The van der Waals surface area contributed by atoms with Crippen LogP contribution in [0, 0.1) is 13.8 Å². The Morgan fingerprint density at radius 1 is 1.03 bits per heavy atom. The Morgan fingerprint density at radius 2 is 1.70 bits per heavy atom. The lowest BCUT2D eigenvalue weighted by molar-refractivity contribution is -0.154. The molecule has 0 atom stereocenters. The standard InChI is InChI=1S/C22H19F3O5/c1-4-5-18(26)28-14-6-7-16-17(11-14)30-21(22(23,24)25)20(19(16)27)29-15-9-12(2)8-13(3)10-15/h6-11H,4-5H2,1-3H3. The molecule has 0 aliphatic heterocycles. The summed E-state index contributed by atoms with van der Waals surface area (Å²) >= 11 is 0. The number of halogens is 3. The quantitative estimate of drug-likeness (QED) is 0.378. The molecule has 0 saturated carbocycles. The van der Waals surface area contributed by atoms with E-state index in [9.17, 15) is 22.8 Å². The van der Waals surface area contributed by atoms with Crippen LogP contribution in [-0.4, -0.2) is 5.97 Å². The smallest absolute Gasteiger partial charge is 0.449 e. The summed E-state index contributed by atoms with van der Waals surface area (Å²) in [4.78, 5) is 24.5. The van der Waals surface area contributed by atoms with E-state index >= 15 is 0 Å². The van der Waals surface area contributed by atoms with Gasteiger partial charge < -0.3 is 13.9 Å². The Balaban J connectivity index is 2.13. The van der Waals surface area contributed by atoms with Crippen LogP contribution in [0.3, 0.4) is 0 Å². The van der Waals surface area contributed by atoms with Crippen LogP contribution in [0.2, 0.25) is 0 Å². The Labute approximate surface area is 170 Å². The van der Waals surface area contributed by atoms with Crippen LogP contribution in [0.5, 0.6) is 17.2 Å². The third-order valence-corrected chi connectivity index (χ3v) is 4.18. The first-order chi connectivity index (χ1) is 14.1. The molecule has 0 radical (unpaired) electrons. The highest BCUT2D eigenvalue weighted by molar-refractivity contribution is 5.81. The number of carbonyl (C=O) groups excluding carboxylic acids is 1. The molecule has 0 fully saturated rings. The van der Waals surface area contributed by atoms with E-state index in [0.717, 1.165) is 17.2 Å². The average molecular weight is 420 g/mol. The second-order valence-electron chi connectivity index (χ2n) is 6.89. The summed E-state index contributed by atoms with van der Waals surface area (Å²) in [6.45, 7) is 5.30. The van der Waals surface area contributed by atoms with E-state index < -0.39 is 29.1 Å². The molecule has 2 aromatic carbocycles. The predicted molar refractivity (Wildman–Crippen MR) is 104 cm³/mol. The second-order valence-corrected chi connectivity index (χ2v) is 6.89. The van der Waals surface area contributed by atoms with E-state index in [4.69, 9.17) is 13.9 Å². The molecule has 0 bridgehead atoms. The number of ether oxygens (including phenoxy) is 2. The number of aryl methyl sites for hydroxylation is 2. The summed E-state index contributed by atoms with van der Waals surface area (Å²) in [6.07, 6.45) is -4.27. The minimum atomic E-state index is -4.98. The third kappa shape index (κ3) is 4.64. The van der Waals surface area contributed by atoms with Crippen molar-refractivity contribution < 1.29 is 31.9 Å². The van der Waals surface area contributed by atoms with E-state index in [1.807, 2.05) is 6.07 Å². The first kappa shape index (κ1) is 21.4. The first-order valence-electron chi connectivity index (χ1n) is 9.23. The van der Waals surface area contributed by atoms with Gasteiger partial charge in [0.15, 0.2) is 0 Å². The van der Waals surface area contributed by atoms with Crippen molar-refractivity contribution in [3.63, 3.8) is 0 Å². The van der Waals surface area contributed by atoms with Gasteiger partial charge in [0.2, 0.25) is 11.2 Å². The maximum Gasteiger partial charge on any atom is 0.453 e. The van der Waals surface area contributed by atoms with Crippen LogP contribution in [0.25, 0.3) is 11.0 Å². The number of hydrogen-bond acceptors (Lipinski definition) is 5. The molecule has 5 nitrogen and oxygen atoms in total. The lowest BCUT2D eigenvalue weighted by Gasteiger charge is -2.14. The summed E-state index contributed by atoms with van der Waals surface area (Å²) in [5.41, 5.74) is 0.195. The van der Waals surface area contributed by atoms with Gasteiger partial charge in [0, 0.05) is 12.5 Å². The molecule has 0 aliphatic carbocycles. The highest BCUT2D eigenvalue weighted by Gasteiger charge is 2.40. The number of benzene rings is 2. The average Bonchev–Trinajstić information content (AvgIpc) is 2.62. The second kappa shape index (κ2) is 8.22. The van der Waals surface area contributed by atoms with Crippen molar-refractivity contribution in [1.29, 1.82) is 0 Å². The summed E-state index contributed by atoms with van der Waals surface area (Å²) in [5, 5.41) is -0.127. The van der Waals surface area contributed by atoms with E-state index in [1.54, 1.807) is 20.8 Å². The van der Waals surface area contributed by atoms with Gasteiger partial charge in [-0.2, -0.15) is 13.2 Å². The van der Waals surface area contributed by atoms with Crippen LogP contribution in [0.15, 0.2) is 45.6 Å². The molecule has 0 saturated heterocycles. The van der Waals surface area contributed by atoms with Crippen molar-refractivity contribution in [3.05, 3.63) is 63.5 Å². The summed E-state index contributed by atoms with van der Waals surface area (Å²) in [7, 11) is 0. The molecule has 158 valence electrons. The molecule has 1 aromatic heterocycles. The monoisotopic (exact) mass is 420 g/mol. The Hall–Kier alpha value is -3.29. The lowest BCUT2D eigenvalue weighted by Crippen LogP contribution is -2.15. The molecular formula is C22H19F3O5. The molecule has 0 spiro atoms. The highest BCUT2D eigenvalue weighted by atomic mass is 19.4. The van der Waals surface area contributed by atoms with E-state index in [2.05, 4.69) is 0 Å². The van der Waals surface area contributed by atoms with Crippen molar-refractivity contribution in [3.8, 4) is 17.2 Å². The summed E-state index contributed by atoms with van der Waals surface area (Å²) in [6, 6.07) is 8.51. The number of hydrogen-bond donors (Lipinski definition) is 0.